The first-order valence-electron chi connectivity index (χ1n) is 6.86. The molecule has 0 radical (unpaired) electrons. The number of nitro groups is 1. The van der Waals surface area contributed by atoms with Crippen molar-refractivity contribution in [3.05, 3.63) is 69.8 Å². The van der Waals surface area contributed by atoms with Crippen LogP contribution < -0.4 is 10.1 Å². The molecule has 1 amide bonds. The number of anilines is 1. The van der Waals surface area contributed by atoms with Crippen LogP contribution in [0.25, 0.3) is 6.08 Å². The Kier molecular flexibility index (Phi) is 5.26. The molecule has 2 rings (SSSR count). The number of nitro benzene ring substituents is 1. The molecule has 0 heterocycles. The van der Waals surface area contributed by atoms with Crippen LogP contribution in [0.2, 0.25) is 0 Å². The molecule has 24 heavy (non-hydrogen) atoms. The lowest BCUT2D eigenvalue weighted by Crippen LogP contribution is -2.14. The molecule has 120 valence electrons. The lowest BCUT2D eigenvalue weighted by atomic mass is 10.1. The Labute approximate surface area is 137 Å². The SMILES string of the molecule is COc1ccccc1NC(=O)/C(C#N)=C/c1ccccc1[N+](=O)[O-]. The molecular formula is C17H13N3O4. The highest BCUT2D eigenvalue weighted by Gasteiger charge is 2.16. The summed E-state index contributed by atoms with van der Waals surface area (Å²) in [5, 5.41) is 22.8. The lowest BCUT2D eigenvalue weighted by Gasteiger charge is -2.09. The molecule has 0 saturated carbocycles. The third-order valence-electron chi connectivity index (χ3n) is 3.15. The van der Waals surface area contributed by atoms with Gasteiger partial charge in [-0.05, 0) is 24.3 Å². The van der Waals surface area contributed by atoms with E-state index in [1.807, 2.05) is 0 Å². The number of nitrogens with zero attached hydrogens (tertiary/aromatic N) is 2. The van der Waals surface area contributed by atoms with Crippen molar-refractivity contribution in [1.82, 2.24) is 0 Å². The molecule has 2 aromatic carbocycles. The third kappa shape index (κ3) is 3.75. The molecule has 0 saturated heterocycles. The van der Waals surface area contributed by atoms with E-state index in [-0.39, 0.29) is 16.8 Å². The van der Waals surface area contributed by atoms with Gasteiger partial charge in [-0.2, -0.15) is 5.26 Å². The maximum atomic E-state index is 12.3. The highest BCUT2D eigenvalue weighted by atomic mass is 16.6. The van der Waals surface area contributed by atoms with Crippen LogP contribution in [-0.2, 0) is 4.79 Å². The van der Waals surface area contributed by atoms with Crippen molar-refractivity contribution in [3.8, 4) is 11.8 Å². The normalized spacial score (nSPS) is 10.6. The Morgan fingerprint density at radius 2 is 1.92 bits per heavy atom. The molecule has 0 aliphatic heterocycles. The summed E-state index contributed by atoms with van der Waals surface area (Å²) < 4.78 is 5.12. The average Bonchev–Trinajstić information content (AvgIpc) is 2.60. The van der Waals surface area contributed by atoms with E-state index in [9.17, 15) is 20.2 Å². The molecule has 2 aromatic rings. The fraction of sp³-hybridized carbons (Fsp3) is 0.0588. The van der Waals surface area contributed by atoms with E-state index in [2.05, 4.69) is 5.32 Å². The van der Waals surface area contributed by atoms with Gasteiger partial charge in [-0.25, -0.2) is 0 Å². The average molecular weight is 323 g/mol. The zero-order valence-electron chi connectivity index (χ0n) is 12.7. The van der Waals surface area contributed by atoms with Crippen molar-refractivity contribution >= 4 is 23.4 Å². The van der Waals surface area contributed by atoms with Crippen LogP contribution in [0.1, 0.15) is 5.56 Å². The Morgan fingerprint density at radius 1 is 1.25 bits per heavy atom. The number of ether oxygens (including phenoxy) is 1. The number of nitrogens with one attached hydrogen (secondary N) is 1. The maximum Gasteiger partial charge on any atom is 0.276 e. The molecule has 0 bridgehead atoms. The van der Waals surface area contributed by atoms with Crippen LogP contribution in [0.3, 0.4) is 0 Å². The van der Waals surface area contributed by atoms with Gasteiger partial charge in [0.1, 0.15) is 17.4 Å². The van der Waals surface area contributed by atoms with Crippen LogP contribution >= 0.6 is 0 Å². The summed E-state index contributed by atoms with van der Waals surface area (Å²) in [4.78, 5) is 22.7. The number of benzene rings is 2. The summed E-state index contributed by atoms with van der Waals surface area (Å²) in [6, 6.07) is 14.4. The Balaban J connectivity index is 2.33. The van der Waals surface area contributed by atoms with Crippen molar-refractivity contribution in [2.24, 2.45) is 0 Å². The number of hydrogen-bond donors (Lipinski definition) is 1. The molecule has 0 unspecified atom stereocenters. The predicted molar refractivity (Wildman–Crippen MR) is 88.3 cm³/mol. The van der Waals surface area contributed by atoms with Gasteiger partial charge >= 0.3 is 0 Å². The van der Waals surface area contributed by atoms with Crippen LogP contribution in [0, 0.1) is 21.4 Å². The number of rotatable bonds is 5. The number of methoxy groups -OCH3 is 1. The predicted octanol–water partition coefficient (Wildman–Crippen LogP) is 3.15. The topological polar surface area (TPSA) is 105 Å². The summed E-state index contributed by atoms with van der Waals surface area (Å²) in [5.41, 5.74) is 0.133. The smallest absolute Gasteiger partial charge is 0.276 e. The summed E-state index contributed by atoms with van der Waals surface area (Å²) in [6.07, 6.45) is 1.18. The van der Waals surface area contributed by atoms with Gasteiger partial charge in [-0.15, -0.1) is 0 Å². The van der Waals surface area contributed by atoms with E-state index in [0.717, 1.165) is 0 Å². The Hall–Kier alpha value is -3.66. The standard InChI is InChI=1S/C17H13N3O4/c1-24-16-9-5-3-7-14(16)19-17(21)13(11-18)10-12-6-2-4-8-15(12)20(22)23/h2-10H,1H3,(H,19,21)/b13-10+. The van der Waals surface area contributed by atoms with E-state index >= 15 is 0 Å². The molecule has 0 aromatic heterocycles. The van der Waals surface area contributed by atoms with E-state index in [4.69, 9.17) is 4.74 Å². The molecule has 7 heteroatoms. The molecule has 0 aliphatic carbocycles. The molecular weight excluding hydrogens is 310 g/mol. The van der Waals surface area contributed by atoms with Gasteiger partial charge in [-0.3, -0.25) is 14.9 Å². The second kappa shape index (κ2) is 7.56. The van der Waals surface area contributed by atoms with Crippen molar-refractivity contribution < 1.29 is 14.5 Å². The number of amides is 1. The number of carbonyl (C=O) groups is 1. The van der Waals surface area contributed by atoms with Gasteiger partial charge in [0.2, 0.25) is 0 Å². The number of hydrogen-bond acceptors (Lipinski definition) is 5. The molecule has 0 spiro atoms. The molecule has 1 N–H and O–H groups in total. The second-order valence-corrected chi connectivity index (χ2v) is 4.64. The number of nitriles is 1. The minimum atomic E-state index is -0.680. The zero-order chi connectivity index (χ0) is 17.5. The molecule has 0 aliphatic rings. The van der Waals surface area contributed by atoms with E-state index in [0.29, 0.717) is 11.4 Å². The molecule has 7 nitrogen and oxygen atoms in total. The highest BCUT2D eigenvalue weighted by Crippen LogP contribution is 2.25. The van der Waals surface area contributed by atoms with E-state index in [1.54, 1.807) is 36.4 Å². The Morgan fingerprint density at radius 3 is 2.58 bits per heavy atom. The Bertz CT molecular complexity index is 853. The summed E-state index contributed by atoms with van der Waals surface area (Å²) >= 11 is 0. The van der Waals surface area contributed by atoms with Crippen molar-refractivity contribution in [3.63, 3.8) is 0 Å². The minimum absolute atomic E-state index is 0.175. The lowest BCUT2D eigenvalue weighted by molar-refractivity contribution is -0.385. The van der Waals surface area contributed by atoms with Gasteiger partial charge in [0.15, 0.2) is 0 Å². The van der Waals surface area contributed by atoms with Crippen LogP contribution in [0.5, 0.6) is 5.75 Å². The van der Waals surface area contributed by atoms with Crippen LogP contribution in [0.4, 0.5) is 11.4 Å². The first-order valence-corrected chi connectivity index (χ1v) is 6.86. The van der Waals surface area contributed by atoms with Gasteiger partial charge < -0.3 is 10.1 Å². The monoisotopic (exact) mass is 323 g/mol. The third-order valence-corrected chi connectivity index (χ3v) is 3.15. The second-order valence-electron chi connectivity index (χ2n) is 4.64. The molecule has 0 fully saturated rings. The van der Waals surface area contributed by atoms with Crippen LogP contribution in [-0.4, -0.2) is 17.9 Å². The summed E-state index contributed by atoms with van der Waals surface area (Å²) in [6.45, 7) is 0. The van der Waals surface area contributed by atoms with E-state index in [1.165, 1.54) is 31.4 Å². The van der Waals surface area contributed by atoms with Crippen LogP contribution in [0.15, 0.2) is 54.1 Å². The fourth-order valence-electron chi connectivity index (χ4n) is 2.02. The first kappa shape index (κ1) is 16.7. The number of carbonyl (C=O) groups excluding carboxylic acids is 1. The quantitative estimate of drug-likeness (QED) is 0.394. The maximum absolute atomic E-state index is 12.3. The van der Waals surface area contributed by atoms with Crippen molar-refractivity contribution in [2.45, 2.75) is 0 Å². The van der Waals surface area contributed by atoms with Gasteiger partial charge in [0, 0.05) is 6.07 Å². The van der Waals surface area contributed by atoms with Gasteiger partial charge in [0.05, 0.1) is 23.3 Å². The fourth-order valence-corrected chi connectivity index (χ4v) is 2.02. The molecule has 0 atom stereocenters. The van der Waals surface area contributed by atoms with E-state index < -0.39 is 10.8 Å². The first-order chi connectivity index (χ1) is 11.6. The highest BCUT2D eigenvalue weighted by molar-refractivity contribution is 6.10. The largest absolute Gasteiger partial charge is 0.495 e. The summed E-state index contributed by atoms with van der Waals surface area (Å²) in [7, 11) is 1.46. The zero-order valence-corrected chi connectivity index (χ0v) is 12.7. The van der Waals surface area contributed by atoms with Gasteiger partial charge in [0.25, 0.3) is 11.6 Å². The number of para-hydroxylation sites is 3. The summed E-state index contributed by atoms with van der Waals surface area (Å²) in [5.74, 6) is -0.242. The van der Waals surface area contributed by atoms with Crippen molar-refractivity contribution in [1.29, 1.82) is 5.26 Å². The van der Waals surface area contributed by atoms with Gasteiger partial charge in [-0.1, -0.05) is 24.3 Å². The minimum Gasteiger partial charge on any atom is -0.495 e. The van der Waals surface area contributed by atoms with Crippen molar-refractivity contribution in [2.75, 3.05) is 12.4 Å².